The molecule has 31 heavy (non-hydrogen) atoms. The van der Waals surface area contributed by atoms with Gasteiger partial charge >= 0.3 is 5.69 Å². The summed E-state index contributed by atoms with van der Waals surface area (Å²) in [6, 6.07) is 14.9. The van der Waals surface area contributed by atoms with Crippen molar-refractivity contribution in [2.75, 3.05) is 13.1 Å². The minimum atomic E-state index is -0.183. The number of likely N-dealkylation sites (tertiary alicyclic amines) is 1. The molecule has 1 amide bonds. The summed E-state index contributed by atoms with van der Waals surface area (Å²) in [5.41, 5.74) is 2.65. The Morgan fingerprint density at radius 3 is 2.61 bits per heavy atom. The predicted molar refractivity (Wildman–Crippen MR) is 116 cm³/mol. The van der Waals surface area contributed by atoms with Gasteiger partial charge in [-0.2, -0.15) is 5.10 Å². The quantitative estimate of drug-likeness (QED) is 0.514. The second kappa shape index (κ2) is 7.79. The first-order valence-electron chi connectivity index (χ1n) is 10.3. The van der Waals surface area contributed by atoms with Gasteiger partial charge < -0.3 is 4.90 Å². The van der Waals surface area contributed by atoms with Crippen molar-refractivity contribution in [3.63, 3.8) is 0 Å². The number of aromatic nitrogens is 5. The van der Waals surface area contributed by atoms with Crippen LogP contribution in [0.15, 0.2) is 65.7 Å². The lowest BCUT2D eigenvalue weighted by Gasteiger charge is -2.32. The third-order valence-electron chi connectivity index (χ3n) is 5.75. The van der Waals surface area contributed by atoms with Crippen LogP contribution < -0.4 is 5.69 Å². The number of hydrogen-bond donors (Lipinski definition) is 0. The summed E-state index contributed by atoms with van der Waals surface area (Å²) in [6.07, 6.45) is 4.98. The summed E-state index contributed by atoms with van der Waals surface area (Å²) >= 11 is 0. The number of carbonyl (C=O) groups excluding carboxylic acids is 1. The van der Waals surface area contributed by atoms with E-state index in [0.717, 1.165) is 24.0 Å². The molecule has 0 N–H and O–H groups in total. The molecule has 0 bridgehead atoms. The Morgan fingerprint density at radius 2 is 1.81 bits per heavy atom. The average Bonchev–Trinajstić information content (AvgIpc) is 3.13. The zero-order valence-corrected chi connectivity index (χ0v) is 17.2. The Kier molecular flexibility index (Phi) is 4.82. The minimum absolute atomic E-state index is 0.0212. The van der Waals surface area contributed by atoms with E-state index in [1.807, 2.05) is 41.3 Å². The Hall–Kier alpha value is -3.81. The SMILES string of the molecule is Cn1nc(C2CCCN(C(=O)c3ccc4nccnc4c3)C2)n(-c2ccccc2)c1=O. The van der Waals surface area contributed by atoms with Crippen LogP contribution in [0.4, 0.5) is 0 Å². The highest BCUT2D eigenvalue weighted by atomic mass is 16.2. The van der Waals surface area contributed by atoms with Crippen molar-refractivity contribution in [1.82, 2.24) is 29.2 Å². The Balaban J connectivity index is 1.45. The summed E-state index contributed by atoms with van der Waals surface area (Å²) in [5.74, 6) is 0.634. The van der Waals surface area contributed by atoms with E-state index >= 15 is 0 Å². The van der Waals surface area contributed by atoms with Crippen molar-refractivity contribution in [3.8, 4) is 5.69 Å². The lowest BCUT2D eigenvalue weighted by Crippen LogP contribution is -2.40. The van der Waals surface area contributed by atoms with Gasteiger partial charge in [0.2, 0.25) is 0 Å². The summed E-state index contributed by atoms with van der Waals surface area (Å²) in [7, 11) is 1.66. The monoisotopic (exact) mass is 414 g/mol. The molecule has 1 aliphatic heterocycles. The van der Waals surface area contributed by atoms with Crippen molar-refractivity contribution in [3.05, 3.63) is 82.8 Å². The van der Waals surface area contributed by atoms with Crippen LogP contribution in [-0.2, 0) is 7.05 Å². The summed E-state index contributed by atoms with van der Waals surface area (Å²) in [6.45, 7) is 1.19. The number of amides is 1. The third-order valence-corrected chi connectivity index (χ3v) is 5.75. The van der Waals surface area contributed by atoms with Gasteiger partial charge in [0.25, 0.3) is 5.91 Å². The highest BCUT2D eigenvalue weighted by Crippen LogP contribution is 2.27. The Bertz CT molecular complexity index is 1310. The van der Waals surface area contributed by atoms with E-state index in [2.05, 4.69) is 15.1 Å². The van der Waals surface area contributed by atoms with Crippen LogP contribution in [-0.4, -0.2) is 48.2 Å². The maximum atomic E-state index is 13.2. The van der Waals surface area contributed by atoms with Crippen LogP contribution in [0.2, 0.25) is 0 Å². The Labute approximate surface area is 178 Å². The molecule has 1 fully saturated rings. The predicted octanol–water partition coefficient (Wildman–Crippen LogP) is 2.53. The fourth-order valence-electron chi connectivity index (χ4n) is 4.22. The van der Waals surface area contributed by atoms with Crippen LogP contribution in [0.3, 0.4) is 0 Å². The fraction of sp³-hybridized carbons (Fsp3) is 0.261. The lowest BCUT2D eigenvalue weighted by atomic mass is 9.96. The molecule has 2 aromatic heterocycles. The summed E-state index contributed by atoms with van der Waals surface area (Å²) in [5, 5.41) is 4.53. The van der Waals surface area contributed by atoms with Gasteiger partial charge in [0, 0.05) is 44.0 Å². The maximum Gasteiger partial charge on any atom is 0.350 e. The molecule has 8 nitrogen and oxygen atoms in total. The van der Waals surface area contributed by atoms with Crippen molar-refractivity contribution in [2.45, 2.75) is 18.8 Å². The second-order valence-corrected chi connectivity index (χ2v) is 7.79. The van der Waals surface area contributed by atoms with Gasteiger partial charge in [-0.25, -0.2) is 14.0 Å². The lowest BCUT2D eigenvalue weighted by molar-refractivity contribution is 0.0704. The van der Waals surface area contributed by atoms with E-state index in [1.165, 1.54) is 4.68 Å². The number of fused-ring (bicyclic) bond motifs is 1. The van der Waals surface area contributed by atoms with Gasteiger partial charge in [-0.1, -0.05) is 18.2 Å². The molecule has 5 rings (SSSR count). The smallest absolute Gasteiger partial charge is 0.338 e. The number of aryl methyl sites for hydroxylation is 1. The van der Waals surface area contributed by atoms with E-state index in [4.69, 9.17) is 0 Å². The minimum Gasteiger partial charge on any atom is -0.338 e. The Morgan fingerprint density at radius 1 is 1.03 bits per heavy atom. The first-order valence-corrected chi connectivity index (χ1v) is 10.3. The summed E-state index contributed by atoms with van der Waals surface area (Å²) < 4.78 is 3.02. The van der Waals surface area contributed by atoms with Crippen molar-refractivity contribution < 1.29 is 4.79 Å². The van der Waals surface area contributed by atoms with Crippen LogP contribution in [0.1, 0.15) is 34.9 Å². The van der Waals surface area contributed by atoms with Gasteiger partial charge in [0.1, 0.15) is 5.82 Å². The van der Waals surface area contributed by atoms with Crippen LogP contribution in [0, 0.1) is 0 Å². The largest absolute Gasteiger partial charge is 0.350 e. The number of para-hydroxylation sites is 1. The molecule has 0 radical (unpaired) electrons. The molecule has 156 valence electrons. The van der Waals surface area contributed by atoms with E-state index in [-0.39, 0.29) is 17.5 Å². The van der Waals surface area contributed by atoms with Crippen molar-refractivity contribution in [2.24, 2.45) is 7.05 Å². The molecular weight excluding hydrogens is 392 g/mol. The van der Waals surface area contributed by atoms with E-state index in [9.17, 15) is 9.59 Å². The number of nitrogens with zero attached hydrogens (tertiary/aromatic N) is 6. The van der Waals surface area contributed by atoms with Crippen molar-refractivity contribution >= 4 is 16.9 Å². The first-order chi connectivity index (χ1) is 15.1. The second-order valence-electron chi connectivity index (χ2n) is 7.79. The van der Waals surface area contributed by atoms with E-state index in [1.54, 1.807) is 36.1 Å². The fourth-order valence-corrected chi connectivity index (χ4v) is 4.22. The highest BCUT2D eigenvalue weighted by molar-refractivity contribution is 5.97. The molecule has 1 unspecified atom stereocenters. The van der Waals surface area contributed by atoms with Crippen LogP contribution >= 0.6 is 0 Å². The zero-order valence-electron chi connectivity index (χ0n) is 17.2. The number of rotatable bonds is 3. The molecule has 1 aliphatic rings. The van der Waals surface area contributed by atoms with Gasteiger partial charge in [0.15, 0.2) is 0 Å². The van der Waals surface area contributed by atoms with Gasteiger partial charge in [0.05, 0.1) is 16.7 Å². The molecule has 1 saturated heterocycles. The molecular formula is C23H22N6O2. The summed E-state index contributed by atoms with van der Waals surface area (Å²) in [4.78, 5) is 36.4. The van der Waals surface area contributed by atoms with Crippen LogP contribution in [0.25, 0.3) is 16.7 Å². The average molecular weight is 414 g/mol. The molecule has 4 aromatic rings. The molecule has 2 aromatic carbocycles. The standard InChI is InChI=1S/C23H22N6O2/c1-27-23(31)29(18-7-3-2-4-8-18)21(26-27)17-6-5-13-28(15-17)22(30)16-9-10-19-20(14-16)25-12-11-24-19/h2-4,7-12,14,17H,5-6,13,15H2,1H3. The molecule has 0 spiro atoms. The first kappa shape index (κ1) is 19.2. The van der Waals surface area contributed by atoms with E-state index < -0.39 is 0 Å². The van der Waals surface area contributed by atoms with Gasteiger partial charge in [-0.05, 0) is 43.2 Å². The zero-order chi connectivity index (χ0) is 21.4. The molecule has 8 heteroatoms. The number of piperidine rings is 1. The maximum absolute atomic E-state index is 13.2. The topological polar surface area (TPSA) is 85.9 Å². The highest BCUT2D eigenvalue weighted by Gasteiger charge is 2.30. The third kappa shape index (κ3) is 3.50. The van der Waals surface area contributed by atoms with Crippen molar-refractivity contribution in [1.29, 1.82) is 0 Å². The molecule has 3 heterocycles. The number of hydrogen-bond acceptors (Lipinski definition) is 5. The van der Waals surface area contributed by atoms with Gasteiger partial charge in [-0.15, -0.1) is 0 Å². The molecule has 1 atom stereocenters. The number of carbonyl (C=O) groups is 1. The van der Waals surface area contributed by atoms with E-state index in [0.29, 0.717) is 30.0 Å². The normalized spacial score (nSPS) is 16.5. The van der Waals surface area contributed by atoms with Crippen LogP contribution in [0.5, 0.6) is 0 Å². The molecule has 0 aliphatic carbocycles. The molecule has 0 saturated carbocycles. The number of benzene rings is 2. The van der Waals surface area contributed by atoms with Gasteiger partial charge in [-0.3, -0.25) is 14.8 Å².